The van der Waals surface area contributed by atoms with E-state index in [1.165, 1.54) is 11.4 Å². The molecule has 7 heteroatoms. The number of rotatable bonds is 9. The maximum atomic E-state index is 13.4. The third-order valence-electron chi connectivity index (χ3n) is 4.71. The SMILES string of the molecule is CCOc1ccc(S(=O)(=O)N(Cc2ccccc2)Cc2ccc(C(=O)OC)cc2)cc1. The predicted octanol–water partition coefficient (Wildman–Crippen LogP) is 4.26. The summed E-state index contributed by atoms with van der Waals surface area (Å²) in [5.41, 5.74) is 2.05. The molecule has 3 aromatic rings. The van der Waals surface area contributed by atoms with E-state index in [1.807, 2.05) is 37.3 Å². The second-order valence-corrected chi connectivity index (χ2v) is 8.79. The molecule has 0 saturated heterocycles. The van der Waals surface area contributed by atoms with Crippen molar-refractivity contribution in [3.8, 4) is 5.75 Å². The van der Waals surface area contributed by atoms with Crippen LogP contribution in [-0.2, 0) is 27.8 Å². The number of hydrogen-bond donors (Lipinski definition) is 0. The Bertz CT molecular complexity index is 1090. The number of methoxy groups -OCH3 is 1. The molecule has 0 aromatic heterocycles. The lowest BCUT2D eigenvalue weighted by molar-refractivity contribution is 0.0600. The predicted molar refractivity (Wildman–Crippen MR) is 118 cm³/mol. The first-order chi connectivity index (χ1) is 14.9. The molecule has 0 N–H and O–H groups in total. The van der Waals surface area contributed by atoms with Crippen LogP contribution in [0.25, 0.3) is 0 Å². The highest BCUT2D eigenvalue weighted by atomic mass is 32.2. The minimum Gasteiger partial charge on any atom is -0.494 e. The van der Waals surface area contributed by atoms with E-state index >= 15 is 0 Å². The molecule has 0 bridgehead atoms. The van der Waals surface area contributed by atoms with E-state index in [0.717, 1.165) is 11.1 Å². The third kappa shape index (κ3) is 5.71. The van der Waals surface area contributed by atoms with Crippen LogP contribution in [0.4, 0.5) is 0 Å². The van der Waals surface area contributed by atoms with Crippen molar-refractivity contribution in [2.24, 2.45) is 0 Å². The molecule has 0 radical (unpaired) electrons. The molecule has 0 amide bonds. The molecule has 6 nitrogen and oxygen atoms in total. The molecular weight excluding hydrogens is 414 g/mol. The van der Waals surface area contributed by atoms with E-state index < -0.39 is 16.0 Å². The number of nitrogens with zero attached hydrogens (tertiary/aromatic N) is 1. The number of sulfonamides is 1. The van der Waals surface area contributed by atoms with E-state index in [-0.39, 0.29) is 18.0 Å². The first kappa shape index (κ1) is 22.5. The van der Waals surface area contributed by atoms with Gasteiger partial charge >= 0.3 is 5.97 Å². The summed E-state index contributed by atoms with van der Waals surface area (Å²) >= 11 is 0. The Balaban J connectivity index is 1.90. The Morgan fingerprint density at radius 1 is 0.839 bits per heavy atom. The Hall–Kier alpha value is -3.16. The zero-order valence-corrected chi connectivity index (χ0v) is 18.3. The molecule has 0 spiro atoms. The summed E-state index contributed by atoms with van der Waals surface area (Å²) in [6, 6.07) is 22.6. The summed E-state index contributed by atoms with van der Waals surface area (Å²) < 4.78 is 38.4. The Kier molecular flexibility index (Phi) is 7.44. The number of benzene rings is 3. The lowest BCUT2D eigenvalue weighted by Crippen LogP contribution is -2.30. The number of esters is 1. The van der Waals surface area contributed by atoms with E-state index in [9.17, 15) is 13.2 Å². The summed E-state index contributed by atoms with van der Waals surface area (Å²) in [6.45, 7) is 2.76. The van der Waals surface area contributed by atoms with Gasteiger partial charge in [0.05, 0.1) is 24.2 Å². The van der Waals surface area contributed by atoms with Crippen LogP contribution in [0.2, 0.25) is 0 Å². The number of carbonyl (C=O) groups excluding carboxylic acids is 1. The quantitative estimate of drug-likeness (QED) is 0.466. The van der Waals surface area contributed by atoms with Crippen LogP contribution >= 0.6 is 0 Å². The number of ether oxygens (including phenoxy) is 2. The second kappa shape index (κ2) is 10.2. The van der Waals surface area contributed by atoms with E-state index in [1.54, 1.807) is 48.5 Å². The van der Waals surface area contributed by atoms with Gasteiger partial charge < -0.3 is 9.47 Å². The van der Waals surface area contributed by atoms with Gasteiger partial charge in [-0.25, -0.2) is 13.2 Å². The van der Waals surface area contributed by atoms with Crippen molar-refractivity contribution in [2.75, 3.05) is 13.7 Å². The highest BCUT2D eigenvalue weighted by Gasteiger charge is 2.25. The lowest BCUT2D eigenvalue weighted by Gasteiger charge is -2.23. The fourth-order valence-corrected chi connectivity index (χ4v) is 4.52. The van der Waals surface area contributed by atoms with Crippen LogP contribution in [0.1, 0.15) is 28.4 Å². The smallest absolute Gasteiger partial charge is 0.337 e. The first-order valence-electron chi connectivity index (χ1n) is 9.88. The molecule has 0 aliphatic heterocycles. The molecule has 162 valence electrons. The van der Waals surface area contributed by atoms with E-state index in [4.69, 9.17) is 9.47 Å². The van der Waals surface area contributed by atoms with Crippen molar-refractivity contribution in [3.63, 3.8) is 0 Å². The number of carbonyl (C=O) groups is 1. The molecule has 0 fully saturated rings. The molecule has 31 heavy (non-hydrogen) atoms. The van der Waals surface area contributed by atoms with Crippen molar-refractivity contribution in [1.29, 1.82) is 0 Å². The van der Waals surface area contributed by atoms with Gasteiger partial charge in [-0.05, 0) is 54.4 Å². The summed E-state index contributed by atoms with van der Waals surface area (Å²) in [5.74, 6) is 0.184. The van der Waals surface area contributed by atoms with Gasteiger partial charge in [-0.15, -0.1) is 0 Å². The van der Waals surface area contributed by atoms with Gasteiger partial charge in [0.15, 0.2) is 0 Å². The van der Waals surface area contributed by atoms with E-state index in [2.05, 4.69) is 0 Å². The fraction of sp³-hybridized carbons (Fsp3) is 0.208. The Labute approximate surface area is 183 Å². The molecule has 0 aliphatic carbocycles. The monoisotopic (exact) mass is 439 g/mol. The zero-order chi connectivity index (χ0) is 22.3. The molecule has 0 saturated carbocycles. The van der Waals surface area contributed by atoms with Crippen molar-refractivity contribution < 1.29 is 22.7 Å². The molecule has 3 rings (SSSR count). The van der Waals surface area contributed by atoms with Gasteiger partial charge in [0.2, 0.25) is 10.0 Å². The third-order valence-corrected chi connectivity index (χ3v) is 6.51. The molecule has 3 aromatic carbocycles. The maximum absolute atomic E-state index is 13.4. The van der Waals surface area contributed by atoms with Crippen molar-refractivity contribution in [2.45, 2.75) is 24.9 Å². The highest BCUT2D eigenvalue weighted by molar-refractivity contribution is 7.89. The van der Waals surface area contributed by atoms with Crippen LogP contribution in [0.5, 0.6) is 5.75 Å². The lowest BCUT2D eigenvalue weighted by atomic mass is 10.1. The molecule has 0 unspecified atom stereocenters. The fourth-order valence-electron chi connectivity index (χ4n) is 3.10. The van der Waals surface area contributed by atoms with Crippen molar-refractivity contribution in [3.05, 3.63) is 95.6 Å². The largest absolute Gasteiger partial charge is 0.494 e. The Morgan fingerprint density at radius 2 is 1.42 bits per heavy atom. The minimum absolute atomic E-state index is 0.159. The minimum atomic E-state index is -3.77. The number of hydrogen-bond acceptors (Lipinski definition) is 5. The summed E-state index contributed by atoms with van der Waals surface area (Å²) in [5, 5.41) is 0. The summed E-state index contributed by atoms with van der Waals surface area (Å²) in [7, 11) is -2.45. The molecule has 0 aliphatic rings. The van der Waals surface area contributed by atoms with Crippen LogP contribution in [0.3, 0.4) is 0 Å². The highest BCUT2D eigenvalue weighted by Crippen LogP contribution is 2.23. The van der Waals surface area contributed by atoms with Crippen LogP contribution < -0.4 is 4.74 Å². The van der Waals surface area contributed by atoms with E-state index in [0.29, 0.717) is 17.9 Å². The average molecular weight is 440 g/mol. The van der Waals surface area contributed by atoms with Gasteiger partial charge in [0.25, 0.3) is 0 Å². The average Bonchev–Trinajstić information content (AvgIpc) is 2.80. The van der Waals surface area contributed by atoms with Gasteiger partial charge in [-0.3, -0.25) is 0 Å². The Morgan fingerprint density at radius 3 is 1.97 bits per heavy atom. The van der Waals surface area contributed by atoms with Crippen molar-refractivity contribution in [1.82, 2.24) is 4.31 Å². The zero-order valence-electron chi connectivity index (χ0n) is 17.5. The van der Waals surface area contributed by atoms with Gasteiger partial charge in [-0.1, -0.05) is 42.5 Å². The van der Waals surface area contributed by atoms with Crippen molar-refractivity contribution >= 4 is 16.0 Å². The van der Waals surface area contributed by atoms with Crippen LogP contribution in [0, 0.1) is 0 Å². The summed E-state index contributed by atoms with van der Waals surface area (Å²) in [4.78, 5) is 11.9. The standard InChI is InChI=1S/C24H25NO5S/c1-3-30-22-13-15-23(16-14-22)31(27,28)25(17-19-7-5-4-6-8-19)18-20-9-11-21(12-10-20)24(26)29-2/h4-16H,3,17-18H2,1-2H3. The topological polar surface area (TPSA) is 72.9 Å². The molecule has 0 heterocycles. The second-order valence-electron chi connectivity index (χ2n) is 6.85. The van der Waals surface area contributed by atoms with Crippen LogP contribution in [0.15, 0.2) is 83.8 Å². The molecular formula is C24H25NO5S. The first-order valence-corrected chi connectivity index (χ1v) is 11.3. The van der Waals surface area contributed by atoms with Gasteiger partial charge in [0, 0.05) is 13.1 Å². The molecule has 0 atom stereocenters. The van der Waals surface area contributed by atoms with Gasteiger partial charge in [-0.2, -0.15) is 4.31 Å². The van der Waals surface area contributed by atoms with Gasteiger partial charge in [0.1, 0.15) is 5.75 Å². The van der Waals surface area contributed by atoms with Crippen LogP contribution in [-0.4, -0.2) is 32.4 Å². The maximum Gasteiger partial charge on any atom is 0.337 e. The summed E-state index contributed by atoms with van der Waals surface area (Å²) in [6.07, 6.45) is 0. The normalized spacial score (nSPS) is 11.3.